The number of likely N-dealkylation sites (tertiary alicyclic amines) is 1. The van der Waals surface area contributed by atoms with Crippen LogP contribution in [-0.4, -0.2) is 46.6 Å². The summed E-state index contributed by atoms with van der Waals surface area (Å²) in [6.45, 7) is 1.26. The quantitative estimate of drug-likeness (QED) is 0.644. The monoisotopic (exact) mass is 392 g/mol. The van der Waals surface area contributed by atoms with Crippen molar-refractivity contribution in [1.29, 1.82) is 0 Å². The van der Waals surface area contributed by atoms with Crippen molar-refractivity contribution < 1.29 is 14.3 Å². The first-order valence-corrected chi connectivity index (χ1v) is 9.66. The van der Waals surface area contributed by atoms with Gasteiger partial charge in [-0.1, -0.05) is 35.5 Å². The summed E-state index contributed by atoms with van der Waals surface area (Å²) in [5, 5.41) is 8.26. The fraction of sp³-hybridized carbons (Fsp3) is 0.318. The average molecular weight is 392 g/mol. The van der Waals surface area contributed by atoms with Crippen LogP contribution >= 0.6 is 0 Å². The SMILES string of the molecule is COc1ccc(C2CCCN2C(=O)c2cn(Cc3ccccc3)nn2)c(OC)c1. The van der Waals surface area contributed by atoms with Gasteiger partial charge in [0, 0.05) is 18.2 Å². The van der Waals surface area contributed by atoms with Crippen LogP contribution < -0.4 is 9.47 Å². The van der Waals surface area contributed by atoms with E-state index in [-0.39, 0.29) is 11.9 Å². The van der Waals surface area contributed by atoms with Crippen LogP contribution in [0.1, 0.15) is 40.5 Å². The Kier molecular flexibility index (Phi) is 5.46. The molecule has 7 heteroatoms. The molecule has 3 aromatic rings. The molecule has 150 valence electrons. The second kappa shape index (κ2) is 8.34. The smallest absolute Gasteiger partial charge is 0.276 e. The molecule has 0 bridgehead atoms. The van der Waals surface area contributed by atoms with E-state index in [0.29, 0.717) is 18.8 Å². The highest BCUT2D eigenvalue weighted by molar-refractivity contribution is 5.92. The molecule has 7 nitrogen and oxygen atoms in total. The zero-order valence-electron chi connectivity index (χ0n) is 16.6. The van der Waals surface area contributed by atoms with Crippen molar-refractivity contribution in [2.75, 3.05) is 20.8 Å². The van der Waals surface area contributed by atoms with E-state index in [1.54, 1.807) is 25.1 Å². The van der Waals surface area contributed by atoms with Gasteiger partial charge < -0.3 is 14.4 Å². The molecule has 1 amide bonds. The van der Waals surface area contributed by atoms with Gasteiger partial charge in [-0.2, -0.15) is 0 Å². The van der Waals surface area contributed by atoms with Gasteiger partial charge in [-0.3, -0.25) is 4.79 Å². The molecule has 1 aromatic heterocycles. The zero-order valence-corrected chi connectivity index (χ0v) is 16.6. The molecule has 0 radical (unpaired) electrons. The average Bonchev–Trinajstić information content (AvgIpc) is 3.43. The highest BCUT2D eigenvalue weighted by Crippen LogP contribution is 2.39. The van der Waals surface area contributed by atoms with Gasteiger partial charge in [0.05, 0.1) is 33.0 Å². The molecule has 29 heavy (non-hydrogen) atoms. The number of rotatable bonds is 6. The molecule has 0 spiro atoms. The number of hydrogen-bond donors (Lipinski definition) is 0. The van der Waals surface area contributed by atoms with E-state index in [1.807, 2.05) is 53.4 Å². The van der Waals surface area contributed by atoms with Crippen molar-refractivity contribution in [3.63, 3.8) is 0 Å². The van der Waals surface area contributed by atoms with Crippen molar-refractivity contribution in [3.8, 4) is 11.5 Å². The normalized spacial score (nSPS) is 16.1. The number of ether oxygens (including phenoxy) is 2. The van der Waals surface area contributed by atoms with Gasteiger partial charge in [-0.15, -0.1) is 5.10 Å². The van der Waals surface area contributed by atoms with Gasteiger partial charge in [0.1, 0.15) is 11.5 Å². The number of hydrogen-bond acceptors (Lipinski definition) is 5. The summed E-state index contributed by atoms with van der Waals surface area (Å²) in [7, 11) is 3.26. The molecule has 1 aliphatic rings. The maximum Gasteiger partial charge on any atom is 0.276 e. The molecule has 1 fully saturated rings. The predicted octanol–water partition coefficient (Wildman–Crippen LogP) is 3.32. The summed E-state index contributed by atoms with van der Waals surface area (Å²) in [5.41, 5.74) is 2.45. The van der Waals surface area contributed by atoms with E-state index >= 15 is 0 Å². The molecule has 1 atom stereocenters. The maximum atomic E-state index is 13.2. The Morgan fingerprint density at radius 1 is 1.14 bits per heavy atom. The Balaban J connectivity index is 1.54. The number of carbonyl (C=O) groups excluding carboxylic acids is 1. The number of benzene rings is 2. The number of carbonyl (C=O) groups is 1. The summed E-state index contributed by atoms with van der Waals surface area (Å²) in [6, 6.07) is 15.7. The summed E-state index contributed by atoms with van der Waals surface area (Å²) >= 11 is 0. The van der Waals surface area contributed by atoms with Crippen LogP contribution in [0.25, 0.3) is 0 Å². The first-order valence-electron chi connectivity index (χ1n) is 9.66. The fourth-order valence-corrected chi connectivity index (χ4v) is 3.82. The molecule has 0 N–H and O–H groups in total. The van der Waals surface area contributed by atoms with Crippen LogP contribution in [-0.2, 0) is 6.54 Å². The molecule has 1 saturated heterocycles. The molecule has 2 aromatic carbocycles. The first kappa shape index (κ1) is 19.0. The molecule has 2 heterocycles. The maximum absolute atomic E-state index is 13.2. The largest absolute Gasteiger partial charge is 0.497 e. The minimum Gasteiger partial charge on any atom is -0.497 e. The van der Waals surface area contributed by atoms with Crippen molar-refractivity contribution >= 4 is 5.91 Å². The lowest BCUT2D eigenvalue weighted by Crippen LogP contribution is -2.31. The number of methoxy groups -OCH3 is 2. The van der Waals surface area contributed by atoms with Gasteiger partial charge >= 0.3 is 0 Å². The number of nitrogens with zero attached hydrogens (tertiary/aromatic N) is 4. The molecule has 0 aliphatic carbocycles. The Hall–Kier alpha value is -3.35. The minimum atomic E-state index is -0.107. The predicted molar refractivity (Wildman–Crippen MR) is 108 cm³/mol. The van der Waals surface area contributed by atoms with Gasteiger partial charge in [0.15, 0.2) is 5.69 Å². The Bertz CT molecular complexity index is 987. The fourth-order valence-electron chi connectivity index (χ4n) is 3.82. The highest BCUT2D eigenvalue weighted by Gasteiger charge is 2.33. The lowest BCUT2D eigenvalue weighted by molar-refractivity contribution is 0.0728. The third-order valence-electron chi connectivity index (χ3n) is 5.26. The number of aromatic nitrogens is 3. The molecule has 0 saturated carbocycles. The molecule has 1 unspecified atom stereocenters. The third kappa shape index (κ3) is 3.94. The van der Waals surface area contributed by atoms with Crippen LogP contribution in [0.5, 0.6) is 11.5 Å². The summed E-state index contributed by atoms with van der Waals surface area (Å²) < 4.78 is 12.5. The summed E-state index contributed by atoms with van der Waals surface area (Å²) in [6.07, 6.45) is 3.53. The van der Waals surface area contributed by atoms with Crippen molar-refractivity contribution in [3.05, 3.63) is 71.5 Å². The van der Waals surface area contributed by atoms with Crippen LogP contribution in [0.15, 0.2) is 54.7 Å². The molecular formula is C22H24N4O3. The van der Waals surface area contributed by atoms with Crippen molar-refractivity contribution in [2.45, 2.75) is 25.4 Å². The van der Waals surface area contributed by atoms with Crippen LogP contribution in [0.3, 0.4) is 0 Å². The first-order chi connectivity index (χ1) is 14.2. The third-order valence-corrected chi connectivity index (χ3v) is 5.26. The van der Waals surface area contributed by atoms with Crippen LogP contribution in [0.4, 0.5) is 0 Å². The second-order valence-corrected chi connectivity index (χ2v) is 7.05. The van der Waals surface area contributed by atoms with Crippen LogP contribution in [0.2, 0.25) is 0 Å². The number of amides is 1. The minimum absolute atomic E-state index is 0.0531. The highest BCUT2D eigenvalue weighted by atomic mass is 16.5. The zero-order chi connectivity index (χ0) is 20.2. The van der Waals surface area contributed by atoms with Crippen molar-refractivity contribution in [1.82, 2.24) is 19.9 Å². The van der Waals surface area contributed by atoms with Gasteiger partial charge in [-0.05, 0) is 30.5 Å². The van der Waals surface area contributed by atoms with E-state index in [1.165, 1.54) is 0 Å². The van der Waals surface area contributed by atoms with Gasteiger partial charge in [-0.25, -0.2) is 4.68 Å². The standard InChI is InChI=1S/C22H24N4O3/c1-28-17-10-11-18(21(13-17)29-2)20-9-6-12-26(20)22(27)19-15-25(24-23-19)14-16-7-4-3-5-8-16/h3-5,7-8,10-11,13,15,20H,6,9,12,14H2,1-2H3. The Labute approximate surface area is 169 Å². The van der Waals surface area contributed by atoms with E-state index in [4.69, 9.17) is 9.47 Å². The summed E-state index contributed by atoms with van der Waals surface area (Å²) in [5.74, 6) is 1.34. The Morgan fingerprint density at radius 3 is 2.72 bits per heavy atom. The lowest BCUT2D eigenvalue weighted by atomic mass is 10.0. The Morgan fingerprint density at radius 2 is 1.97 bits per heavy atom. The van der Waals surface area contributed by atoms with E-state index in [0.717, 1.165) is 35.5 Å². The van der Waals surface area contributed by atoms with E-state index < -0.39 is 0 Å². The second-order valence-electron chi connectivity index (χ2n) is 7.05. The van der Waals surface area contributed by atoms with Crippen molar-refractivity contribution in [2.24, 2.45) is 0 Å². The topological polar surface area (TPSA) is 69.5 Å². The van der Waals surface area contributed by atoms with Gasteiger partial charge in [0.25, 0.3) is 5.91 Å². The summed E-state index contributed by atoms with van der Waals surface area (Å²) in [4.78, 5) is 15.0. The molecule has 1 aliphatic heterocycles. The lowest BCUT2D eigenvalue weighted by Gasteiger charge is -2.25. The molecule has 4 rings (SSSR count). The van der Waals surface area contributed by atoms with E-state index in [2.05, 4.69) is 10.3 Å². The van der Waals surface area contributed by atoms with E-state index in [9.17, 15) is 4.79 Å². The van der Waals surface area contributed by atoms with Crippen LogP contribution in [0, 0.1) is 0 Å². The molecular weight excluding hydrogens is 368 g/mol. The van der Waals surface area contributed by atoms with Gasteiger partial charge in [0.2, 0.25) is 0 Å².